The number of hydrogen-bond acceptors (Lipinski definition) is 2. The van der Waals surface area contributed by atoms with Gasteiger partial charge in [0, 0.05) is 30.0 Å². The topological polar surface area (TPSA) is 73.8 Å². The fourth-order valence-electron chi connectivity index (χ4n) is 7.43. The van der Waals surface area contributed by atoms with E-state index in [-0.39, 0.29) is 15.9 Å². The van der Waals surface area contributed by atoms with Crippen molar-refractivity contribution in [1.29, 1.82) is 0 Å². The summed E-state index contributed by atoms with van der Waals surface area (Å²) in [5.74, 6) is 1.96. The van der Waals surface area contributed by atoms with E-state index in [0.29, 0.717) is 30.2 Å². The first kappa shape index (κ1) is 25.6. The molecule has 2 fully saturated rings. The number of azide groups is 1. The number of aromatic nitrogens is 1. The number of H-pyrrole nitrogens is 1. The molecule has 1 aromatic rings. The van der Waals surface area contributed by atoms with Crippen LogP contribution >= 0.6 is 0 Å². The van der Waals surface area contributed by atoms with Gasteiger partial charge in [-0.2, -0.15) is 0 Å². The maximum absolute atomic E-state index is 9.24. The molecule has 0 aliphatic heterocycles. The largest absolute Gasteiger partial charge is 0.417 e. The quantitative estimate of drug-likeness (QED) is 0.144. The third-order valence-electron chi connectivity index (χ3n) is 10.9. The van der Waals surface area contributed by atoms with Crippen LogP contribution in [0.25, 0.3) is 10.4 Å². The predicted molar refractivity (Wildman–Crippen MR) is 143 cm³/mol. The molecule has 0 radical (unpaired) electrons. The average molecular weight is 483 g/mol. The molecule has 4 rings (SSSR count). The van der Waals surface area contributed by atoms with Crippen molar-refractivity contribution in [2.24, 2.45) is 39.6 Å². The molecule has 0 bridgehead atoms. The minimum atomic E-state index is -1.85. The van der Waals surface area contributed by atoms with E-state index in [1.807, 2.05) is 0 Å². The number of aromatic amines is 1. The Hall–Kier alpha value is -1.49. The molecule has 0 amide bonds. The summed E-state index contributed by atoms with van der Waals surface area (Å²) in [5, 5.41) is 4.39. The molecule has 3 aliphatic carbocycles. The van der Waals surface area contributed by atoms with Gasteiger partial charge in [0.05, 0.1) is 0 Å². The van der Waals surface area contributed by atoms with Crippen molar-refractivity contribution < 1.29 is 4.43 Å². The van der Waals surface area contributed by atoms with Crippen LogP contribution in [0.4, 0.5) is 0 Å². The van der Waals surface area contributed by atoms with Crippen molar-refractivity contribution in [3.05, 3.63) is 46.1 Å². The standard InChI is InChI=1S/C28H46N4OSi/c1-19-9-10-23-22(17-31-32-29)24(11-13-27(19,23)5)28(6)16-20-12-14-30-25(20)15-21(28)18-33-34(7,8)26(2,3)4/h12,14,21-24,30H,1,9-11,13,15-18H2,2-8H3/t21-,22+,23+,24+,27-,28+/m1/s1. The molecule has 0 spiro atoms. The van der Waals surface area contributed by atoms with Crippen LogP contribution in [-0.2, 0) is 17.3 Å². The number of rotatable bonds is 6. The maximum Gasteiger partial charge on any atom is 0.191 e. The van der Waals surface area contributed by atoms with Gasteiger partial charge in [0.1, 0.15) is 0 Å². The summed E-state index contributed by atoms with van der Waals surface area (Å²) >= 11 is 0. The summed E-state index contributed by atoms with van der Waals surface area (Å²) in [5.41, 5.74) is 13.8. The van der Waals surface area contributed by atoms with Gasteiger partial charge in [-0.05, 0) is 108 Å². The third-order valence-corrected chi connectivity index (χ3v) is 15.4. The maximum atomic E-state index is 9.24. The average Bonchev–Trinajstić information content (AvgIpc) is 3.32. The second kappa shape index (κ2) is 8.87. The fourth-order valence-corrected chi connectivity index (χ4v) is 8.48. The molecule has 188 valence electrons. The highest BCUT2D eigenvalue weighted by molar-refractivity contribution is 6.74. The summed E-state index contributed by atoms with van der Waals surface area (Å²) in [4.78, 5) is 6.74. The van der Waals surface area contributed by atoms with Crippen LogP contribution in [0.5, 0.6) is 0 Å². The number of fused-ring (bicyclic) bond motifs is 2. The van der Waals surface area contributed by atoms with E-state index >= 15 is 0 Å². The van der Waals surface area contributed by atoms with Crippen molar-refractivity contribution in [3.8, 4) is 0 Å². The third kappa shape index (κ3) is 4.20. The Morgan fingerprint density at radius 1 is 1.26 bits per heavy atom. The zero-order valence-electron chi connectivity index (χ0n) is 22.6. The highest BCUT2D eigenvalue weighted by atomic mass is 28.4. The van der Waals surface area contributed by atoms with E-state index in [0.717, 1.165) is 25.9 Å². The molecule has 0 aromatic carbocycles. The zero-order chi connectivity index (χ0) is 24.9. The Balaban J connectivity index is 1.69. The van der Waals surface area contributed by atoms with E-state index in [1.165, 1.54) is 36.1 Å². The van der Waals surface area contributed by atoms with Gasteiger partial charge < -0.3 is 9.41 Å². The first-order valence-corrected chi connectivity index (χ1v) is 16.2. The van der Waals surface area contributed by atoms with Crippen LogP contribution in [0.15, 0.2) is 29.5 Å². The predicted octanol–water partition coefficient (Wildman–Crippen LogP) is 8.07. The lowest BCUT2D eigenvalue weighted by Gasteiger charge is -2.56. The van der Waals surface area contributed by atoms with E-state index in [2.05, 4.69) is 81.6 Å². The van der Waals surface area contributed by atoms with E-state index in [1.54, 1.807) is 0 Å². The Bertz CT molecular complexity index is 971. The molecular formula is C28H46N4OSi. The van der Waals surface area contributed by atoms with Crippen LogP contribution in [0.3, 0.4) is 0 Å². The van der Waals surface area contributed by atoms with Gasteiger partial charge in [-0.1, -0.05) is 51.9 Å². The first-order valence-electron chi connectivity index (χ1n) is 13.3. The van der Waals surface area contributed by atoms with Gasteiger partial charge in [0.15, 0.2) is 8.32 Å². The van der Waals surface area contributed by atoms with Crippen molar-refractivity contribution in [1.82, 2.24) is 4.98 Å². The van der Waals surface area contributed by atoms with Crippen LogP contribution < -0.4 is 0 Å². The lowest BCUT2D eigenvalue weighted by molar-refractivity contribution is -0.0521. The Morgan fingerprint density at radius 3 is 2.68 bits per heavy atom. The van der Waals surface area contributed by atoms with Gasteiger partial charge in [-0.25, -0.2) is 0 Å². The number of nitrogens with zero attached hydrogens (tertiary/aromatic N) is 3. The second-order valence-corrected chi connectivity index (χ2v) is 18.3. The summed E-state index contributed by atoms with van der Waals surface area (Å²) in [6, 6.07) is 2.28. The van der Waals surface area contributed by atoms with Gasteiger partial charge in [-0.3, -0.25) is 0 Å². The molecule has 1 aromatic heterocycles. The molecule has 1 heterocycles. The summed E-state index contributed by atoms with van der Waals surface area (Å²) in [7, 11) is -1.85. The Labute approximate surface area is 207 Å². The Kier molecular flexibility index (Phi) is 6.67. The first-order chi connectivity index (χ1) is 15.8. The normalized spacial score (nSPS) is 36.0. The smallest absolute Gasteiger partial charge is 0.191 e. The zero-order valence-corrected chi connectivity index (χ0v) is 23.6. The summed E-state index contributed by atoms with van der Waals surface area (Å²) in [6.45, 7) is 22.6. The van der Waals surface area contributed by atoms with Gasteiger partial charge in [0.2, 0.25) is 0 Å². The second-order valence-electron chi connectivity index (χ2n) is 13.5. The molecule has 0 saturated heterocycles. The molecule has 6 heteroatoms. The summed E-state index contributed by atoms with van der Waals surface area (Å²) < 4.78 is 6.88. The van der Waals surface area contributed by atoms with Crippen molar-refractivity contribution in [3.63, 3.8) is 0 Å². The lowest BCUT2D eigenvalue weighted by Crippen LogP contribution is -2.53. The van der Waals surface area contributed by atoms with Crippen molar-refractivity contribution in [2.75, 3.05) is 13.2 Å². The summed E-state index contributed by atoms with van der Waals surface area (Å²) in [6.07, 6.45) is 8.94. The molecule has 0 unspecified atom stereocenters. The van der Waals surface area contributed by atoms with Gasteiger partial charge in [0.25, 0.3) is 0 Å². The Morgan fingerprint density at radius 2 is 2.00 bits per heavy atom. The highest BCUT2D eigenvalue weighted by Crippen LogP contribution is 2.63. The van der Waals surface area contributed by atoms with Crippen LogP contribution in [0.1, 0.15) is 71.6 Å². The van der Waals surface area contributed by atoms with Crippen LogP contribution in [0, 0.1) is 34.5 Å². The highest BCUT2D eigenvalue weighted by Gasteiger charge is 2.56. The van der Waals surface area contributed by atoms with E-state index in [9.17, 15) is 5.53 Å². The fraction of sp³-hybridized carbons (Fsp3) is 0.786. The van der Waals surface area contributed by atoms with Crippen molar-refractivity contribution in [2.45, 2.75) is 91.3 Å². The SMILES string of the molecule is C=C1CC[C@H]2[C@H](CN=[N+]=[N-])[C@@H]([C@@]3(C)Cc4cc[nH]c4C[C@@H]3CO[Si](C)(C)C(C)(C)C)CC[C@]12C. The number of hydrogen-bond donors (Lipinski definition) is 1. The molecule has 5 nitrogen and oxygen atoms in total. The lowest BCUT2D eigenvalue weighted by atomic mass is 9.49. The van der Waals surface area contributed by atoms with Gasteiger partial charge in [-0.15, -0.1) is 0 Å². The molecular weight excluding hydrogens is 436 g/mol. The van der Waals surface area contributed by atoms with Crippen LogP contribution in [-0.4, -0.2) is 26.5 Å². The molecule has 1 N–H and O–H groups in total. The molecule has 2 saturated carbocycles. The number of allylic oxidation sites excluding steroid dienone is 1. The minimum Gasteiger partial charge on any atom is -0.417 e. The molecule has 34 heavy (non-hydrogen) atoms. The van der Waals surface area contributed by atoms with E-state index < -0.39 is 8.32 Å². The van der Waals surface area contributed by atoms with Gasteiger partial charge >= 0.3 is 0 Å². The van der Waals surface area contributed by atoms with E-state index in [4.69, 9.17) is 4.43 Å². The monoisotopic (exact) mass is 482 g/mol. The minimum absolute atomic E-state index is 0.123. The molecule has 6 atom stereocenters. The number of nitrogens with one attached hydrogen (secondary N) is 1. The molecule has 3 aliphatic rings. The van der Waals surface area contributed by atoms with Crippen LogP contribution in [0.2, 0.25) is 18.1 Å². The van der Waals surface area contributed by atoms with Crippen molar-refractivity contribution >= 4 is 8.32 Å².